The summed E-state index contributed by atoms with van der Waals surface area (Å²) >= 11 is 0. The fourth-order valence-electron chi connectivity index (χ4n) is 3.61. The third-order valence-corrected chi connectivity index (χ3v) is 6.26. The Bertz CT molecular complexity index is 876. The summed E-state index contributed by atoms with van der Waals surface area (Å²) in [6.07, 6.45) is 2.58. The lowest BCUT2D eigenvalue weighted by Gasteiger charge is -2.30. The summed E-state index contributed by atoms with van der Waals surface area (Å²) in [5, 5.41) is 10.3. The van der Waals surface area contributed by atoms with Crippen LogP contribution in [0.2, 0.25) is 0 Å². The fraction of sp³-hybridized carbons (Fsp3) is 0.600. The van der Waals surface area contributed by atoms with Crippen molar-refractivity contribution in [3.8, 4) is 5.75 Å². The first-order valence-corrected chi connectivity index (χ1v) is 11.0. The van der Waals surface area contributed by atoms with Crippen LogP contribution in [0.3, 0.4) is 0 Å². The lowest BCUT2D eigenvalue weighted by molar-refractivity contribution is -0.142. The fourth-order valence-corrected chi connectivity index (χ4v) is 3.61. The maximum absolute atomic E-state index is 11.9. The summed E-state index contributed by atoms with van der Waals surface area (Å²) in [6.45, 7) is 14.2. The van der Waals surface area contributed by atoms with Crippen molar-refractivity contribution in [3.05, 3.63) is 47.2 Å². The van der Waals surface area contributed by atoms with Gasteiger partial charge >= 0.3 is 5.97 Å². The second kappa shape index (κ2) is 9.86. The normalized spacial score (nSPS) is 14.2. The molecule has 2 unspecified atom stereocenters. The molecule has 0 amide bonds. The Kier molecular flexibility index (Phi) is 7.93. The zero-order chi connectivity index (χ0) is 23.4. The number of carbonyl (C=O) groups is 1. The first kappa shape index (κ1) is 24.9. The molecule has 0 spiro atoms. The maximum Gasteiger partial charge on any atom is 0.314 e. The molecule has 0 bridgehead atoms. The van der Waals surface area contributed by atoms with Crippen molar-refractivity contribution in [1.82, 2.24) is 4.98 Å². The van der Waals surface area contributed by atoms with Crippen LogP contribution in [0.4, 0.5) is 0 Å². The molecule has 31 heavy (non-hydrogen) atoms. The van der Waals surface area contributed by atoms with E-state index in [0.717, 1.165) is 29.7 Å². The van der Waals surface area contributed by atoms with Gasteiger partial charge in [-0.25, -0.2) is 4.98 Å². The number of hydrogen-bond donors (Lipinski definition) is 1. The Morgan fingerprint density at radius 1 is 1.23 bits per heavy atom. The van der Waals surface area contributed by atoms with E-state index < -0.39 is 17.4 Å². The number of rotatable bonds is 9. The smallest absolute Gasteiger partial charge is 0.314 e. The molecule has 6 nitrogen and oxygen atoms in total. The molecule has 0 radical (unpaired) electrons. The summed E-state index contributed by atoms with van der Waals surface area (Å²) in [4.78, 5) is 16.6. The largest absolute Gasteiger partial charge is 0.491 e. The highest BCUT2D eigenvalue weighted by Gasteiger charge is 2.37. The Labute approximate surface area is 186 Å². The van der Waals surface area contributed by atoms with Crippen LogP contribution in [-0.2, 0) is 14.9 Å². The van der Waals surface area contributed by atoms with Crippen LogP contribution in [0, 0.1) is 12.3 Å². The average molecular weight is 432 g/mol. The number of esters is 1. The van der Waals surface area contributed by atoms with Gasteiger partial charge in [-0.1, -0.05) is 46.8 Å². The average Bonchev–Trinajstić information content (AvgIpc) is 3.23. The van der Waals surface area contributed by atoms with Crippen LogP contribution >= 0.6 is 0 Å². The molecular formula is C25H37NO5. The molecule has 0 fully saturated rings. The van der Waals surface area contributed by atoms with Crippen molar-refractivity contribution in [2.45, 2.75) is 78.7 Å². The highest BCUT2D eigenvalue weighted by atomic mass is 16.5. The second-order valence-electron chi connectivity index (χ2n) is 9.28. The van der Waals surface area contributed by atoms with Crippen LogP contribution in [0.25, 0.3) is 0 Å². The number of aryl methyl sites for hydroxylation is 1. The van der Waals surface area contributed by atoms with E-state index in [4.69, 9.17) is 13.9 Å². The quantitative estimate of drug-likeness (QED) is 0.553. The number of nitrogens with zero attached hydrogens (tertiary/aromatic N) is 1. The molecule has 0 saturated heterocycles. The second-order valence-corrected chi connectivity index (χ2v) is 9.28. The van der Waals surface area contributed by atoms with Gasteiger partial charge in [0.2, 0.25) is 5.89 Å². The van der Waals surface area contributed by atoms with Gasteiger partial charge < -0.3 is 19.0 Å². The summed E-state index contributed by atoms with van der Waals surface area (Å²) in [7, 11) is 1.37. The molecule has 1 heterocycles. The van der Waals surface area contributed by atoms with Crippen molar-refractivity contribution >= 4 is 5.97 Å². The number of oxazole rings is 1. The van der Waals surface area contributed by atoms with E-state index in [1.54, 1.807) is 13.2 Å². The maximum atomic E-state index is 11.9. The molecule has 1 aromatic heterocycles. The van der Waals surface area contributed by atoms with Crippen molar-refractivity contribution in [3.63, 3.8) is 0 Å². The molecule has 172 valence electrons. The summed E-state index contributed by atoms with van der Waals surface area (Å²) in [5.41, 5.74) is 1.98. The van der Waals surface area contributed by atoms with Gasteiger partial charge in [0.1, 0.15) is 18.6 Å². The molecular weight excluding hydrogens is 394 g/mol. The van der Waals surface area contributed by atoms with Gasteiger partial charge in [0, 0.05) is 0 Å². The Morgan fingerprint density at radius 2 is 1.87 bits per heavy atom. The lowest BCUT2D eigenvalue weighted by Crippen LogP contribution is -2.32. The summed E-state index contributed by atoms with van der Waals surface area (Å²) in [6, 6.07) is 6.08. The number of hydrogen-bond acceptors (Lipinski definition) is 6. The molecule has 0 aliphatic rings. The van der Waals surface area contributed by atoms with E-state index in [1.165, 1.54) is 7.11 Å². The number of aliphatic hydroxyl groups excluding tert-OH is 1. The molecule has 0 aliphatic heterocycles. The predicted molar refractivity (Wildman–Crippen MR) is 120 cm³/mol. The van der Waals surface area contributed by atoms with E-state index in [0.29, 0.717) is 11.6 Å². The van der Waals surface area contributed by atoms with Gasteiger partial charge in [0.05, 0.1) is 30.2 Å². The minimum Gasteiger partial charge on any atom is -0.491 e. The number of aromatic nitrogens is 1. The van der Waals surface area contributed by atoms with Crippen LogP contribution in [-0.4, -0.2) is 35.9 Å². The van der Waals surface area contributed by atoms with Crippen LogP contribution < -0.4 is 4.74 Å². The molecule has 1 aromatic carbocycles. The number of carbonyl (C=O) groups excluding carboxylic acids is 1. The molecule has 0 aliphatic carbocycles. The van der Waals surface area contributed by atoms with Gasteiger partial charge in [-0.15, -0.1) is 0 Å². The van der Waals surface area contributed by atoms with Crippen molar-refractivity contribution in [1.29, 1.82) is 0 Å². The first-order valence-electron chi connectivity index (χ1n) is 11.0. The molecule has 1 N–H and O–H groups in total. The third kappa shape index (κ3) is 5.29. The molecule has 2 atom stereocenters. The number of ether oxygens (including phenoxy) is 2. The molecule has 2 rings (SSSR count). The van der Waals surface area contributed by atoms with E-state index in [-0.39, 0.29) is 18.0 Å². The minimum absolute atomic E-state index is 0.239. The Morgan fingerprint density at radius 3 is 2.39 bits per heavy atom. The van der Waals surface area contributed by atoms with Gasteiger partial charge in [0.25, 0.3) is 0 Å². The molecule has 0 saturated carbocycles. The van der Waals surface area contributed by atoms with Gasteiger partial charge in [-0.2, -0.15) is 0 Å². The summed E-state index contributed by atoms with van der Waals surface area (Å²) < 4.78 is 16.6. The summed E-state index contributed by atoms with van der Waals surface area (Å²) in [5.74, 6) is 0.522. The highest BCUT2D eigenvalue weighted by Crippen LogP contribution is 2.40. The van der Waals surface area contributed by atoms with E-state index in [9.17, 15) is 9.90 Å². The van der Waals surface area contributed by atoms with Gasteiger partial charge in [0.15, 0.2) is 0 Å². The van der Waals surface area contributed by atoms with Gasteiger partial charge in [-0.3, -0.25) is 4.79 Å². The van der Waals surface area contributed by atoms with Crippen LogP contribution in [0.15, 0.2) is 28.9 Å². The van der Waals surface area contributed by atoms with Crippen LogP contribution in [0.5, 0.6) is 5.75 Å². The number of aliphatic hydroxyl groups is 1. The standard InChI is InChI=1S/C25H37NO5/c1-9-25(10-2,23-26-19(14-31-23)17(4)22(28)29-8)18-11-12-20(16(3)13-18)30-15-21(27)24(5,6)7/h11-14,17,21,27H,9-10,15H2,1-8H3. The van der Waals surface area contributed by atoms with Crippen molar-refractivity contribution in [2.75, 3.05) is 13.7 Å². The Balaban J connectivity index is 2.34. The number of benzene rings is 1. The predicted octanol–water partition coefficient (Wildman–Crippen LogP) is 5.15. The monoisotopic (exact) mass is 431 g/mol. The molecule has 6 heteroatoms. The topological polar surface area (TPSA) is 81.8 Å². The lowest BCUT2D eigenvalue weighted by atomic mass is 9.75. The van der Waals surface area contributed by atoms with E-state index in [1.807, 2.05) is 39.8 Å². The zero-order valence-corrected chi connectivity index (χ0v) is 20.1. The zero-order valence-electron chi connectivity index (χ0n) is 20.1. The minimum atomic E-state index is -0.556. The highest BCUT2D eigenvalue weighted by molar-refractivity contribution is 5.76. The van der Waals surface area contributed by atoms with Gasteiger partial charge in [-0.05, 0) is 49.3 Å². The van der Waals surface area contributed by atoms with Crippen molar-refractivity contribution in [2.24, 2.45) is 5.41 Å². The molecule has 2 aromatic rings. The SMILES string of the molecule is CCC(CC)(c1ccc(OCC(O)C(C)(C)C)c(C)c1)c1nc(C(C)C(=O)OC)co1. The number of methoxy groups -OCH3 is 1. The third-order valence-electron chi connectivity index (χ3n) is 6.26. The first-order chi connectivity index (χ1) is 14.5. The Hall–Kier alpha value is -2.34. The van der Waals surface area contributed by atoms with E-state index in [2.05, 4.69) is 24.9 Å². The van der Waals surface area contributed by atoms with Crippen LogP contribution in [0.1, 0.15) is 83.0 Å². The van der Waals surface area contributed by atoms with Crippen molar-refractivity contribution < 1.29 is 23.8 Å². The van der Waals surface area contributed by atoms with E-state index >= 15 is 0 Å².